The van der Waals surface area contributed by atoms with Gasteiger partial charge >= 0.3 is 0 Å². The molecule has 25 heavy (non-hydrogen) atoms. The number of benzene rings is 2. The molecule has 0 radical (unpaired) electrons. The van der Waals surface area contributed by atoms with E-state index in [9.17, 15) is 9.59 Å². The van der Waals surface area contributed by atoms with Crippen LogP contribution in [0.15, 0.2) is 42.5 Å². The monoisotopic (exact) mass is 357 g/mol. The first-order valence-electron chi connectivity index (χ1n) is 8.18. The number of hydrogen-bond acceptors (Lipinski definition) is 4. The molecular formula is C20H23NO3S. The van der Waals surface area contributed by atoms with Crippen molar-refractivity contribution in [2.45, 2.75) is 26.0 Å². The van der Waals surface area contributed by atoms with Crippen LogP contribution < -0.4 is 10.1 Å². The lowest BCUT2D eigenvalue weighted by atomic mass is 10.1. The number of nitrogens with one attached hydrogen (secondary N) is 1. The number of methoxy groups -OCH3 is 1. The Labute approximate surface area is 153 Å². The third-order valence-electron chi connectivity index (χ3n) is 3.85. The number of thioether (sulfide) groups is 1. The number of hydrogen-bond donors (Lipinski definition) is 1. The molecule has 0 fully saturated rings. The van der Waals surface area contributed by atoms with E-state index in [0.717, 1.165) is 29.0 Å². The molecule has 0 atom stereocenters. The number of aryl methyl sites for hydroxylation is 1. The minimum atomic E-state index is -0.0346. The summed E-state index contributed by atoms with van der Waals surface area (Å²) in [5.74, 6) is 1.66. The second kappa shape index (κ2) is 9.28. The molecule has 0 aromatic heterocycles. The number of amides is 1. The van der Waals surface area contributed by atoms with E-state index >= 15 is 0 Å². The van der Waals surface area contributed by atoms with Crippen molar-refractivity contribution in [3.8, 4) is 5.75 Å². The molecule has 0 unspecified atom stereocenters. The van der Waals surface area contributed by atoms with Gasteiger partial charge in [0.1, 0.15) is 5.75 Å². The number of para-hydroxylation sites is 1. The van der Waals surface area contributed by atoms with Crippen molar-refractivity contribution in [1.82, 2.24) is 0 Å². The summed E-state index contributed by atoms with van der Waals surface area (Å²) in [6.45, 7) is 3.60. The third-order valence-corrected chi connectivity index (χ3v) is 4.83. The Balaban J connectivity index is 1.95. The highest BCUT2D eigenvalue weighted by molar-refractivity contribution is 7.99. The van der Waals surface area contributed by atoms with Gasteiger partial charge in [0, 0.05) is 22.6 Å². The first kappa shape index (κ1) is 19.1. The zero-order valence-electron chi connectivity index (χ0n) is 14.8. The van der Waals surface area contributed by atoms with E-state index in [4.69, 9.17) is 4.74 Å². The Morgan fingerprint density at radius 2 is 1.88 bits per heavy atom. The Bertz CT molecular complexity index is 758. The molecule has 0 bridgehead atoms. The molecule has 0 aliphatic rings. The Morgan fingerprint density at radius 1 is 1.12 bits per heavy atom. The van der Waals surface area contributed by atoms with Crippen molar-refractivity contribution in [2.75, 3.05) is 18.2 Å². The van der Waals surface area contributed by atoms with Crippen molar-refractivity contribution in [3.05, 3.63) is 59.2 Å². The molecule has 0 aliphatic heterocycles. The molecule has 1 N–H and O–H groups in total. The van der Waals surface area contributed by atoms with Crippen LogP contribution in [0.3, 0.4) is 0 Å². The number of carbonyl (C=O) groups is 2. The minimum absolute atomic E-state index is 0.0165. The zero-order valence-corrected chi connectivity index (χ0v) is 15.6. The maximum Gasteiger partial charge on any atom is 0.234 e. The van der Waals surface area contributed by atoms with Crippen LogP contribution in [0.4, 0.5) is 5.69 Å². The molecule has 4 nitrogen and oxygen atoms in total. The third kappa shape index (κ3) is 5.36. The first-order valence-corrected chi connectivity index (χ1v) is 9.34. The molecular weight excluding hydrogens is 334 g/mol. The van der Waals surface area contributed by atoms with Crippen LogP contribution in [-0.2, 0) is 17.0 Å². The Hall–Kier alpha value is -2.27. The van der Waals surface area contributed by atoms with Crippen LogP contribution in [0.1, 0.15) is 35.3 Å². The number of carbonyl (C=O) groups excluding carboxylic acids is 2. The fourth-order valence-electron chi connectivity index (χ4n) is 2.50. The second-order valence-electron chi connectivity index (χ2n) is 5.63. The predicted octanol–water partition coefficient (Wildman–Crippen LogP) is 4.33. The number of ketones is 1. The van der Waals surface area contributed by atoms with Gasteiger partial charge in [-0.3, -0.25) is 9.59 Å². The molecule has 0 saturated carbocycles. The van der Waals surface area contributed by atoms with Crippen LogP contribution in [0, 0.1) is 0 Å². The molecule has 0 heterocycles. The smallest absolute Gasteiger partial charge is 0.234 e. The largest absolute Gasteiger partial charge is 0.496 e. The lowest BCUT2D eigenvalue weighted by Crippen LogP contribution is -2.15. The van der Waals surface area contributed by atoms with Crippen LogP contribution in [-0.4, -0.2) is 24.6 Å². The molecule has 0 aliphatic carbocycles. The number of rotatable bonds is 8. The standard InChI is InChI=1S/C20H23NO3S/c1-4-15-7-5-6-8-18(15)21-20(23)13-25-12-17-11-16(14(2)22)9-10-19(17)24-3/h5-11H,4,12-13H2,1-3H3,(H,21,23). The van der Waals surface area contributed by atoms with Crippen molar-refractivity contribution < 1.29 is 14.3 Å². The maximum atomic E-state index is 12.2. The maximum absolute atomic E-state index is 12.2. The molecule has 1 amide bonds. The normalized spacial score (nSPS) is 10.4. The van der Waals surface area contributed by atoms with Crippen LogP contribution in [0.2, 0.25) is 0 Å². The van der Waals surface area contributed by atoms with Crippen LogP contribution in [0.5, 0.6) is 5.75 Å². The minimum Gasteiger partial charge on any atom is -0.496 e. The van der Waals surface area contributed by atoms with Gasteiger partial charge in [-0.25, -0.2) is 0 Å². The van der Waals surface area contributed by atoms with Crippen molar-refractivity contribution in [1.29, 1.82) is 0 Å². The summed E-state index contributed by atoms with van der Waals surface area (Å²) >= 11 is 1.49. The fourth-order valence-corrected chi connectivity index (χ4v) is 3.31. The summed E-state index contributed by atoms with van der Waals surface area (Å²) in [5.41, 5.74) is 3.56. The van der Waals surface area contributed by atoms with E-state index in [1.165, 1.54) is 18.7 Å². The predicted molar refractivity (Wildman–Crippen MR) is 104 cm³/mol. The van der Waals surface area contributed by atoms with E-state index in [1.54, 1.807) is 19.2 Å². The van der Waals surface area contributed by atoms with Crippen molar-refractivity contribution >= 4 is 29.1 Å². The van der Waals surface area contributed by atoms with Gasteiger partial charge in [0.2, 0.25) is 5.91 Å². The lowest BCUT2D eigenvalue weighted by molar-refractivity contribution is -0.113. The lowest BCUT2D eigenvalue weighted by Gasteiger charge is -2.11. The summed E-state index contributed by atoms with van der Waals surface area (Å²) in [5, 5.41) is 2.96. The molecule has 5 heteroatoms. The van der Waals surface area contributed by atoms with E-state index < -0.39 is 0 Å². The average Bonchev–Trinajstić information content (AvgIpc) is 2.62. The van der Waals surface area contributed by atoms with Gasteiger partial charge in [-0.1, -0.05) is 25.1 Å². The number of Topliss-reactive ketones (excluding diaryl/α,β-unsaturated/α-hetero) is 1. The summed E-state index contributed by atoms with van der Waals surface area (Å²) in [6, 6.07) is 13.2. The molecule has 132 valence electrons. The van der Waals surface area contributed by atoms with E-state index in [-0.39, 0.29) is 11.7 Å². The van der Waals surface area contributed by atoms with Gasteiger partial charge < -0.3 is 10.1 Å². The Morgan fingerprint density at radius 3 is 2.56 bits per heavy atom. The average molecular weight is 357 g/mol. The summed E-state index contributed by atoms with van der Waals surface area (Å²) in [4.78, 5) is 23.7. The number of anilines is 1. The van der Waals surface area contributed by atoms with Gasteiger partial charge in [0.25, 0.3) is 0 Å². The van der Waals surface area contributed by atoms with Crippen molar-refractivity contribution in [2.24, 2.45) is 0 Å². The molecule has 2 rings (SSSR count). The highest BCUT2D eigenvalue weighted by Gasteiger charge is 2.10. The van der Waals surface area contributed by atoms with Crippen LogP contribution in [0.25, 0.3) is 0 Å². The van der Waals surface area contributed by atoms with Gasteiger partial charge in [-0.15, -0.1) is 11.8 Å². The highest BCUT2D eigenvalue weighted by atomic mass is 32.2. The summed E-state index contributed by atoms with van der Waals surface area (Å²) < 4.78 is 5.34. The molecule has 0 saturated heterocycles. The van der Waals surface area contributed by atoms with Crippen LogP contribution >= 0.6 is 11.8 Å². The van der Waals surface area contributed by atoms with E-state index in [1.807, 2.05) is 30.3 Å². The molecule has 2 aromatic rings. The van der Waals surface area contributed by atoms with Gasteiger partial charge in [-0.05, 0) is 43.2 Å². The fraction of sp³-hybridized carbons (Fsp3) is 0.300. The van der Waals surface area contributed by atoms with E-state index in [0.29, 0.717) is 17.1 Å². The SMILES string of the molecule is CCc1ccccc1NC(=O)CSCc1cc(C(C)=O)ccc1OC. The quantitative estimate of drug-likeness (QED) is 0.714. The second-order valence-corrected chi connectivity index (χ2v) is 6.62. The van der Waals surface area contributed by atoms with Gasteiger partial charge in [0.15, 0.2) is 5.78 Å². The summed E-state index contributed by atoms with van der Waals surface area (Å²) in [7, 11) is 1.60. The summed E-state index contributed by atoms with van der Waals surface area (Å²) in [6.07, 6.45) is 0.874. The zero-order chi connectivity index (χ0) is 18.2. The highest BCUT2D eigenvalue weighted by Crippen LogP contribution is 2.25. The Kier molecular flexibility index (Phi) is 7.07. The van der Waals surface area contributed by atoms with Gasteiger partial charge in [0.05, 0.1) is 12.9 Å². The van der Waals surface area contributed by atoms with Gasteiger partial charge in [-0.2, -0.15) is 0 Å². The first-order chi connectivity index (χ1) is 12.0. The number of ether oxygens (including phenoxy) is 1. The topological polar surface area (TPSA) is 55.4 Å². The van der Waals surface area contributed by atoms with E-state index in [2.05, 4.69) is 12.2 Å². The molecule has 2 aromatic carbocycles. The van der Waals surface area contributed by atoms with Crippen molar-refractivity contribution in [3.63, 3.8) is 0 Å². The molecule has 0 spiro atoms.